The van der Waals surface area contributed by atoms with E-state index < -0.39 is 18.2 Å². The molecule has 0 radical (unpaired) electrons. The first-order valence-electron chi connectivity index (χ1n) is 22.7. The summed E-state index contributed by atoms with van der Waals surface area (Å²) in [5.41, 5.74) is 1.22. The molecular weight excluding hydrogens is 827 g/mol. The van der Waals surface area contributed by atoms with Crippen molar-refractivity contribution in [3.8, 4) is 0 Å². The van der Waals surface area contributed by atoms with Crippen molar-refractivity contribution in [2.75, 3.05) is 85.0 Å². The van der Waals surface area contributed by atoms with Gasteiger partial charge in [-0.3, -0.25) is 14.4 Å². The number of unbranched alkanes of at least 4 members (excludes halogenated alkanes) is 1. The maximum absolute atomic E-state index is 12.8. The van der Waals surface area contributed by atoms with Crippen LogP contribution in [0.4, 0.5) is 4.79 Å². The molecule has 348 valence electrons. The highest BCUT2D eigenvalue weighted by Crippen LogP contribution is 2.45. The molecule has 61 heavy (non-hydrogen) atoms. The number of ether oxygens (including phenoxy) is 9. The highest BCUT2D eigenvalue weighted by atomic mass is 33.1. The van der Waals surface area contributed by atoms with E-state index in [0.29, 0.717) is 91.2 Å². The average molecular weight is 900 g/mol. The van der Waals surface area contributed by atoms with Crippen LogP contribution in [0, 0.1) is 29.6 Å². The summed E-state index contributed by atoms with van der Waals surface area (Å²) < 4.78 is 50.1. The summed E-state index contributed by atoms with van der Waals surface area (Å²) >= 11 is 0. The first-order chi connectivity index (χ1) is 29.6. The Hall–Kier alpha value is -2.34. The van der Waals surface area contributed by atoms with E-state index >= 15 is 0 Å². The first kappa shape index (κ1) is 51.3. The second-order valence-electron chi connectivity index (χ2n) is 16.5. The van der Waals surface area contributed by atoms with Crippen LogP contribution >= 0.6 is 21.6 Å². The number of amides is 1. The number of fused-ring (bicyclic) bond motifs is 1. The van der Waals surface area contributed by atoms with Crippen LogP contribution in [0.25, 0.3) is 0 Å². The number of nitrogens with one attached hydrogen (secondary N) is 1. The summed E-state index contributed by atoms with van der Waals surface area (Å²) in [6, 6.07) is 0. The Morgan fingerprint density at radius 3 is 2.18 bits per heavy atom. The molecule has 0 spiro atoms. The van der Waals surface area contributed by atoms with E-state index in [0.717, 1.165) is 37.4 Å². The summed E-state index contributed by atoms with van der Waals surface area (Å²) in [7, 11) is 3.95. The number of carbonyl (C=O) groups excluding carboxylic acids is 4. The number of carbonyl (C=O) groups is 4. The highest BCUT2D eigenvalue weighted by Gasteiger charge is 2.42. The zero-order valence-electron chi connectivity index (χ0n) is 37.0. The van der Waals surface area contributed by atoms with E-state index in [1.165, 1.54) is 24.2 Å². The maximum Gasteiger partial charge on any atom is 0.508 e. The molecule has 2 saturated heterocycles. The molecule has 14 nitrogen and oxygen atoms in total. The molecule has 0 bridgehead atoms. The predicted octanol–water partition coefficient (Wildman–Crippen LogP) is 7.27. The van der Waals surface area contributed by atoms with Crippen molar-refractivity contribution < 1.29 is 61.8 Å². The summed E-state index contributed by atoms with van der Waals surface area (Å²) in [6.07, 6.45) is 13.1. The van der Waals surface area contributed by atoms with Crippen LogP contribution in [0.5, 0.6) is 0 Å². The molecule has 2 heterocycles. The standard InChI is InChI=1S/C45H73NO13S2/c1-5-33(3)44(49)59-40-29-32(2)28-35-11-10-34(4)39(43(35)40)13-12-36-30-37(31-42(48)57-36)58-45(50)56-26-25-55-24-23-54-22-21-53-20-19-52-18-17-51-16-15-46-41(47)9-7-6-8-38-14-27-60-61-38/h10-11,28,32-34,36-40,43H,5-9,12-27,29-31H2,1-4H3,(H,46,47)/t32?,33?,34-,36?,37?,38?,39-,40+,43+/m0/s1. The van der Waals surface area contributed by atoms with Crippen molar-refractivity contribution in [1.82, 2.24) is 5.32 Å². The third-order valence-corrected chi connectivity index (χ3v) is 14.6. The average Bonchev–Trinajstić information content (AvgIpc) is 3.76. The normalized spacial score (nSPS) is 26.5. The second kappa shape index (κ2) is 29.9. The minimum absolute atomic E-state index is 0.00904. The Labute approximate surface area is 371 Å². The molecular formula is C45H73NO13S2. The fourth-order valence-electron chi connectivity index (χ4n) is 8.05. The lowest BCUT2D eigenvalue weighted by molar-refractivity contribution is -0.163. The van der Waals surface area contributed by atoms with Crippen molar-refractivity contribution in [3.05, 3.63) is 23.8 Å². The topological polar surface area (TPSA) is 163 Å². The van der Waals surface area contributed by atoms with E-state index in [4.69, 9.17) is 42.6 Å². The molecule has 1 N–H and O–H groups in total. The predicted molar refractivity (Wildman–Crippen MR) is 235 cm³/mol. The SMILES string of the molecule is CCC(C)C(=O)O[C@@H]1CC(C)C=C2C=C[C@H](C)[C@H](CCC3CC(OC(=O)OCCOCCOCCOCCOCCOCCNC(=O)CCCCC4CCSS4)CC(=O)O3)[C@@H]21. The van der Waals surface area contributed by atoms with Crippen molar-refractivity contribution in [2.45, 2.75) is 122 Å². The van der Waals surface area contributed by atoms with Crippen molar-refractivity contribution in [2.24, 2.45) is 29.6 Å². The van der Waals surface area contributed by atoms with Gasteiger partial charge < -0.3 is 47.9 Å². The van der Waals surface area contributed by atoms with Gasteiger partial charge in [0.1, 0.15) is 24.9 Å². The molecule has 0 aromatic carbocycles. The molecule has 2 aliphatic carbocycles. The fraction of sp³-hybridized carbons (Fsp3) is 0.822. The van der Waals surface area contributed by atoms with Gasteiger partial charge in [-0.15, -0.1) is 0 Å². The van der Waals surface area contributed by atoms with Crippen LogP contribution in [0.15, 0.2) is 23.8 Å². The molecule has 2 fully saturated rings. The van der Waals surface area contributed by atoms with Gasteiger partial charge in [-0.2, -0.15) is 0 Å². The van der Waals surface area contributed by atoms with Crippen molar-refractivity contribution in [1.29, 1.82) is 0 Å². The molecule has 2 aliphatic heterocycles. The van der Waals surface area contributed by atoms with Gasteiger partial charge in [-0.05, 0) is 68.3 Å². The number of allylic oxidation sites excluding steroid dienone is 3. The lowest BCUT2D eigenvalue weighted by atomic mass is 9.65. The Balaban J connectivity index is 0.944. The summed E-state index contributed by atoms with van der Waals surface area (Å²) in [4.78, 5) is 49.7. The van der Waals surface area contributed by atoms with Crippen molar-refractivity contribution in [3.63, 3.8) is 0 Å². The molecule has 4 rings (SSSR count). The van der Waals surface area contributed by atoms with Gasteiger partial charge in [-0.25, -0.2) is 4.79 Å². The van der Waals surface area contributed by atoms with Crippen LogP contribution in [0.2, 0.25) is 0 Å². The van der Waals surface area contributed by atoms with E-state index in [2.05, 4.69) is 37.4 Å². The largest absolute Gasteiger partial charge is 0.508 e. The van der Waals surface area contributed by atoms with Crippen LogP contribution in [-0.4, -0.2) is 133 Å². The molecule has 0 aromatic heterocycles. The van der Waals surface area contributed by atoms with Crippen LogP contribution in [0.3, 0.4) is 0 Å². The minimum atomic E-state index is -0.843. The molecule has 5 unspecified atom stereocenters. The molecule has 0 saturated carbocycles. The summed E-state index contributed by atoms with van der Waals surface area (Å²) in [5.74, 6) is 1.54. The Morgan fingerprint density at radius 2 is 1.52 bits per heavy atom. The van der Waals surface area contributed by atoms with Crippen LogP contribution in [0.1, 0.15) is 98.3 Å². The molecule has 16 heteroatoms. The smallest absolute Gasteiger partial charge is 0.462 e. The summed E-state index contributed by atoms with van der Waals surface area (Å²) in [6.45, 7) is 12.7. The fourth-order valence-corrected chi connectivity index (χ4v) is 11.1. The third kappa shape index (κ3) is 20.4. The molecule has 4 aliphatic rings. The first-order valence-corrected chi connectivity index (χ1v) is 25.1. The van der Waals surface area contributed by atoms with Gasteiger partial charge in [0.15, 0.2) is 0 Å². The lowest BCUT2D eigenvalue weighted by Crippen LogP contribution is -2.42. The number of hydrogen-bond donors (Lipinski definition) is 1. The van der Waals surface area contributed by atoms with Gasteiger partial charge in [-0.1, -0.05) is 73.9 Å². The van der Waals surface area contributed by atoms with Gasteiger partial charge >= 0.3 is 18.1 Å². The number of cyclic esters (lactones) is 1. The molecule has 1 amide bonds. The minimum Gasteiger partial charge on any atom is -0.462 e. The quantitative estimate of drug-likeness (QED) is 0.0331. The number of rotatable bonds is 30. The van der Waals surface area contributed by atoms with Crippen LogP contribution < -0.4 is 5.32 Å². The summed E-state index contributed by atoms with van der Waals surface area (Å²) in [5, 5.41) is 3.67. The number of esters is 2. The lowest BCUT2D eigenvalue weighted by Gasteiger charge is -2.43. The van der Waals surface area contributed by atoms with Crippen molar-refractivity contribution >= 4 is 45.6 Å². The zero-order chi connectivity index (χ0) is 43.7. The highest BCUT2D eigenvalue weighted by molar-refractivity contribution is 8.77. The molecule has 0 aromatic rings. The van der Waals surface area contributed by atoms with Gasteiger partial charge in [0, 0.05) is 36.3 Å². The Kier molecular flexibility index (Phi) is 25.2. The van der Waals surface area contributed by atoms with Gasteiger partial charge in [0.05, 0.1) is 78.4 Å². The monoisotopic (exact) mass is 899 g/mol. The van der Waals surface area contributed by atoms with Gasteiger partial charge in [0.2, 0.25) is 5.91 Å². The molecule has 9 atom stereocenters. The maximum atomic E-state index is 12.8. The zero-order valence-corrected chi connectivity index (χ0v) is 38.7. The number of hydrogen-bond acceptors (Lipinski definition) is 15. The van der Waals surface area contributed by atoms with E-state index in [1.807, 2.05) is 35.4 Å². The van der Waals surface area contributed by atoms with Crippen LogP contribution in [-0.2, 0) is 57.0 Å². The van der Waals surface area contributed by atoms with E-state index in [9.17, 15) is 19.2 Å². The Morgan fingerprint density at radius 1 is 0.852 bits per heavy atom. The van der Waals surface area contributed by atoms with E-state index in [-0.39, 0.29) is 67.4 Å². The third-order valence-electron chi connectivity index (χ3n) is 11.6. The van der Waals surface area contributed by atoms with E-state index in [1.54, 1.807) is 0 Å². The van der Waals surface area contributed by atoms with Gasteiger partial charge in [0.25, 0.3) is 0 Å². The second-order valence-corrected chi connectivity index (χ2v) is 19.3. The Bertz CT molecular complexity index is 1360.